The summed E-state index contributed by atoms with van der Waals surface area (Å²) in [4.78, 5) is 13.3. The number of ether oxygens (including phenoxy) is 1. The lowest BCUT2D eigenvalue weighted by Crippen LogP contribution is -2.42. The van der Waals surface area contributed by atoms with Crippen LogP contribution in [0.25, 0.3) is 0 Å². The molecule has 1 amide bonds. The molecule has 0 radical (unpaired) electrons. The molecule has 3 nitrogen and oxygen atoms in total. The molecule has 2 atom stereocenters. The van der Waals surface area contributed by atoms with Crippen LogP contribution in [-0.2, 0) is 9.53 Å². The van der Waals surface area contributed by atoms with Crippen LogP contribution in [-0.4, -0.2) is 42.5 Å². The molecule has 1 heterocycles. The Kier molecular flexibility index (Phi) is 2.66. The first-order valence-electron chi connectivity index (χ1n) is 5.32. The number of carbonyl (C=O) groups excluding carboxylic acids is 1. The first-order chi connectivity index (χ1) is 7.06. The Balaban J connectivity index is 1.97. The smallest absolute Gasteiger partial charge is 0.260 e. The summed E-state index contributed by atoms with van der Waals surface area (Å²) in [5.74, 6) is -4.24. The van der Waals surface area contributed by atoms with Crippen molar-refractivity contribution in [2.24, 2.45) is 5.92 Å². The van der Waals surface area contributed by atoms with E-state index in [2.05, 4.69) is 0 Å². The van der Waals surface area contributed by atoms with Crippen LogP contribution in [0.1, 0.15) is 19.8 Å². The summed E-state index contributed by atoms with van der Waals surface area (Å²) in [5.41, 5.74) is 0. The van der Waals surface area contributed by atoms with Gasteiger partial charge in [-0.3, -0.25) is 4.79 Å². The monoisotopic (exact) mass is 219 g/mol. The van der Waals surface area contributed by atoms with Crippen molar-refractivity contribution < 1.29 is 18.3 Å². The van der Waals surface area contributed by atoms with Gasteiger partial charge in [0.25, 0.3) is 5.92 Å². The van der Waals surface area contributed by atoms with E-state index in [1.54, 1.807) is 4.90 Å². The molecule has 15 heavy (non-hydrogen) atoms. The highest BCUT2D eigenvalue weighted by Gasteiger charge is 2.62. The number of halogens is 2. The number of alkyl halides is 2. The lowest BCUT2D eigenvalue weighted by molar-refractivity contribution is -0.137. The number of carbonyl (C=O) groups is 1. The van der Waals surface area contributed by atoms with Gasteiger partial charge in [-0.25, -0.2) is 8.78 Å². The van der Waals surface area contributed by atoms with E-state index in [4.69, 9.17) is 4.74 Å². The van der Waals surface area contributed by atoms with Gasteiger partial charge in [0.05, 0.1) is 12.6 Å². The number of likely N-dealkylation sites (N-methyl/N-ethyl adjacent to an activating group) is 1. The fourth-order valence-electron chi connectivity index (χ4n) is 2.04. The molecule has 2 rings (SSSR count). The Labute approximate surface area is 87.4 Å². The summed E-state index contributed by atoms with van der Waals surface area (Å²) in [6.45, 7) is 3.41. The van der Waals surface area contributed by atoms with E-state index in [0.29, 0.717) is 19.8 Å². The average molecular weight is 219 g/mol. The number of hydrogen-bond acceptors (Lipinski definition) is 2. The molecular formula is C10H15F2NO2. The van der Waals surface area contributed by atoms with Crippen LogP contribution in [0.2, 0.25) is 0 Å². The predicted octanol–water partition coefficient (Wildman–Crippen LogP) is 1.28. The molecule has 1 aliphatic carbocycles. The lowest BCUT2D eigenvalue weighted by Gasteiger charge is -2.26. The largest absolute Gasteiger partial charge is 0.379 e. The van der Waals surface area contributed by atoms with Crippen molar-refractivity contribution in [3.05, 3.63) is 0 Å². The van der Waals surface area contributed by atoms with Crippen LogP contribution in [0.15, 0.2) is 0 Å². The summed E-state index contributed by atoms with van der Waals surface area (Å²) < 4.78 is 30.7. The van der Waals surface area contributed by atoms with Gasteiger partial charge in [0.15, 0.2) is 0 Å². The first-order valence-corrected chi connectivity index (χ1v) is 5.32. The highest BCUT2D eigenvalue weighted by Crippen LogP contribution is 2.49. The van der Waals surface area contributed by atoms with Crippen LogP contribution in [0.3, 0.4) is 0 Å². The molecule has 0 unspecified atom stereocenters. The topological polar surface area (TPSA) is 29.5 Å². The second-order valence-corrected chi connectivity index (χ2v) is 4.16. The second-order valence-electron chi connectivity index (χ2n) is 4.16. The molecule has 1 aliphatic heterocycles. The Morgan fingerprint density at radius 1 is 1.60 bits per heavy atom. The number of nitrogens with zero attached hydrogens (tertiary/aromatic N) is 1. The molecule has 2 fully saturated rings. The fraction of sp³-hybridized carbons (Fsp3) is 0.900. The minimum absolute atomic E-state index is 0.00102. The van der Waals surface area contributed by atoms with Crippen molar-refractivity contribution in [3.8, 4) is 0 Å². The SMILES string of the molecule is CCN(C(=O)[C@H]1CC1(F)F)[C@H]1CCOC1. The maximum Gasteiger partial charge on any atom is 0.260 e. The highest BCUT2D eigenvalue weighted by molar-refractivity contribution is 5.83. The van der Waals surface area contributed by atoms with E-state index in [1.165, 1.54) is 0 Å². The third-order valence-electron chi connectivity index (χ3n) is 3.09. The van der Waals surface area contributed by atoms with Gasteiger partial charge < -0.3 is 9.64 Å². The molecule has 1 saturated carbocycles. The van der Waals surface area contributed by atoms with Crippen molar-refractivity contribution in [2.45, 2.75) is 31.7 Å². The van der Waals surface area contributed by atoms with Crippen molar-refractivity contribution in [1.29, 1.82) is 0 Å². The maximum absolute atomic E-state index is 12.8. The second kappa shape index (κ2) is 3.70. The summed E-state index contributed by atoms with van der Waals surface area (Å²) in [7, 11) is 0. The molecule has 5 heteroatoms. The summed E-state index contributed by atoms with van der Waals surface area (Å²) in [6, 6.07) is -0.00102. The Hall–Kier alpha value is -0.710. The minimum Gasteiger partial charge on any atom is -0.379 e. The van der Waals surface area contributed by atoms with E-state index in [0.717, 1.165) is 6.42 Å². The first kappa shape index (κ1) is 10.8. The molecule has 0 aromatic heterocycles. The third-order valence-corrected chi connectivity index (χ3v) is 3.09. The van der Waals surface area contributed by atoms with Crippen LogP contribution >= 0.6 is 0 Å². The predicted molar refractivity (Wildman–Crippen MR) is 49.7 cm³/mol. The van der Waals surface area contributed by atoms with Gasteiger partial charge in [-0.05, 0) is 13.3 Å². The number of hydrogen-bond donors (Lipinski definition) is 0. The molecule has 1 saturated heterocycles. The van der Waals surface area contributed by atoms with Crippen molar-refractivity contribution in [3.63, 3.8) is 0 Å². The van der Waals surface area contributed by atoms with E-state index in [-0.39, 0.29) is 12.5 Å². The number of rotatable bonds is 3. The minimum atomic E-state index is -2.76. The number of amides is 1. The maximum atomic E-state index is 12.8. The van der Waals surface area contributed by atoms with E-state index in [1.807, 2.05) is 6.92 Å². The van der Waals surface area contributed by atoms with Gasteiger partial charge in [-0.15, -0.1) is 0 Å². The molecule has 2 aliphatic rings. The van der Waals surface area contributed by atoms with Crippen molar-refractivity contribution >= 4 is 5.91 Å². The Morgan fingerprint density at radius 2 is 2.27 bits per heavy atom. The molecule has 0 N–H and O–H groups in total. The Bertz CT molecular complexity index is 264. The average Bonchev–Trinajstić information content (AvgIpc) is 2.66. The summed E-state index contributed by atoms with van der Waals surface area (Å²) >= 11 is 0. The molecule has 0 bridgehead atoms. The van der Waals surface area contributed by atoms with E-state index >= 15 is 0 Å². The van der Waals surface area contributed by atoms with Gasteiger partial charge >= 0.3 is 0 Å². The third kappa shape index (κ3) is 1.97. The summed E-state index contributed by atoms with van der Waals surface area (Å²) in [5, 5.41) is 0. The van der Waals surface area contributed by atoms with Crippen LogP contribution in [0.5, 0.6) is 0 Å². The van der Waals surface area contributed by atoms with Crippen molar-refractivity contribution in [1.82, 2.24) is 4.90 Å². The zero-order valence-corrected chi connectivity index (χ0v) is 8.71. The normalized spacial score (nSPS) is 32.7. The quantitative estimate of drug-likeness (QED) is 0.715. The molecular weight excluding hydrogens is 204 g/mol. The zero-order valence-electron chi connectivity index (χ0n) is 8.71. The van der Waals surface area contributed by atoms with Gasteiger partial charge in [0.2, 0.25) is 5.91 Å². The van der Waals surface area contributed by atoms with Gasteiger partial charge in [0.1, 0.15) is 5.92 Å². The zero-order chi connectivity index (χ0) is 11.1. The molecule has 0 spiro atoms. The van der Waals surface area contributed by atoms with Crippen LogP contribution in [0.4, 0.5) is 8.78 Å². The van der Waals surface area contributed by atoms with E-state index < -0.39 is 17.7 Å². The lowest BCUT2D eigenvalue weighted by atomic mass is 10.2. The van der Waals surface area contributed by atoms with E-state index in [9.17, 15) is 13.6 Å². The standard InChI is InChI=1S/C10H15F2NO2/c1-2-13(7-3-4-15-6-7)9(14)8-5-10(8,11)12/h7-8H,2-6H2,1H3/t7-,8+/m0/s1. The van der Waals surface area contributed by atoms with Crippen LogP contribution < -0.4 is 0 Å². The van der Waals surface area contributed by atoms with Gasteiger partial charge in [-0.1, -0.05) is 0 Å². The van der Waals surface area contributed by atoms with Gasteiger partial charge in [0, 0.05) is 19.6 Å². The molecule has 0 aromatic carbocycles. The molecule has 0 aromatic rings. The van der Waals surface area contributed by atoms with Gasteiger partial charge in [-0.2, -0.15) is 0 Å². The molecule has 86 valence electrons. The fourth-order valence-corrected chi connectivity index (χ4v) is 2.04. The Morgan fingerprint density at radius 3 is 2.67 bits per heavy atom. The highest BCUT2D eigenvalue weighted by atomic mass is 19.3. The van der Waals surface area contributed by atoms with Crippen LogP contribution in [0, 0.1) is 5.92 Å². The van der Waals surface area contributed by atoms with Crippen molar-refractivity contribution in [2.75, 3.05) is 19.8 Å². The summed E-state index contributed by atoms with van der Waals surface area (Å²) in [6.07, 6.45) is 0.480.